The van der Waals surface area contributed by atoms with E-state index < -0.39 is 11.8 Å². The van der Waals surface area contributed by atoms with Crippen LogP contribution in [0.2, 0.25) is 5.02 Å². The molecule has 0 atom stereocenters. The zero-order valence-electron chi connectivity index (χ0n) is 15.4. The summed E-state index contributed by atoms with van der Waals surface area (Å²) in [6.07, 6.45) is 0. The van der Waals surface area contributed by atoms with Gasteiger partial charge in [0.1, 0.15) is 24.7 Å². The molecule has 0 saturated carbocycles. The van der Waals surface area contributed by atoms with Crippen LogP contribution >= 0.6 is 11.6 Å². The Morgan fingerprint density at radius 1 is 0.724 bits per heavy atom. The molecule has 148 valence electrons. The van der Waals surface area contributed by atoms with Crippen molar-refractivity contribution in [1.29, 1.82) is 0 Å². The fourth-order valence-electron chi connectivity index (χ4n) is 2.46. The van der Waals surface area contributed by atoms with Crippen molar-refractivity contribution in [2.75, 3.05) is 13.2 Å². The van der Waals surface area contributed by atoms with Gasteiger partial charge in [-0.3, -0.25) is 20.4 Å². The first kappa shape index (κ1) is 20.2. The van der Waals surface area contributed by atoms with Gasteiger partial charge < -0.3 is 9.47 Å². The van der Waals surface area contributed by atoms with E-state index in [1.807, 2.05) is 30.3 Å². The van der Waals surface area contributed by atoms with Crippen molar-refractivity contribution < 1.29 is 19.1 Å². The lowest BCUT2D eigenvalue weighted by molar-refractivity contribution is 0.0846. The molecule has 0 aliphatic rings. The van der Waals surface area contributed by atoms with Gasteiger partial charge in [-0.25, -0.2) is 0 Å². The molecule has 0 spiro atoms. The Morgan fingerprint density at radius 3 is 2.10 bits per heavy atom. The Hall–Kier alpha value is -3.51. The van der Waals surface area contributed by atoms with Crippen LogP contribution in [0.1, 0.15) is 20.7 Å². The molecule has 2 amide bonds. The Morgan fingerprint density at radius 2 is 1.34 bits per heavy atom. The maximum absolute atomic E-state index is 12.3. The summed E-state index contributed by atoms with van der Waals surface area (Å²) < 4.78 is 11.2. The van der Waals surface area contributed by atoms with Crippen LogP contribution in [0.25, 0.3) is 0 Å². The number of benzene rings is 3. The number of hydrazine groups is 1. The molecule has 0 bridgehead atoms. The van der Waals surface area contributed by atoms with E-state index in [4.69, 9.17) is 21.1 Å². The third-order valence-electron chi connectivity index (χ3n) is 3.87. The van der Waals surface area contributed by atoms with Crippen LogP contribution in [0.3, 0.4) is 0 Å². The highest BCUT2D eigenvalue weighted by atomic mass is 35.5. The Bertz CT molecular complexity index is 979. The lowest BCUT2D eigenvalue weighted by atomic mass is 10.2. The van der Waals surface area contributed by atoms with Gasteiger partial charge in [0.05, 0.1) is 10.6 Å². The van der Waals surface area contributed by atoms with E-state index in [1.165, 1.54) is 0 Å². The average molecular weight is 411 g/mol. The van der Waals surface area contributed by atoms with Crippen LogP contribution in [-0.4, -0.2) is 25.0 Å². The van der Waals surface area contributed by atoms with Gasteiger partial charge in [-0.2, -0.15) is 0 Å². The molecule has 0 radical (unpaired) electrons. The van der Waals surface area contributed by atoms with Gasteiger partial charge in [-0.15, -0.1) is 0 Å². The number of para-hydroxylation sites is 1. The summed E-state index contributed by atoms with van der Waals surface area (Å²) in [5.41, 5.74) is 5.31. The van der Waals surface area contributed by atoms with E-state index in [1.54, 1.807) is 48.5 Å². The average Bonchev–Trinajstić information content (AvgIpc) is 2.76. The van der Waals surface area contributed by atoms with Crippen molar-refractivity contribution in [2.45, 2.75) is 0 Å². The van der Waals surface area contributed by atoms with E-state index in [2.05, 4.69) is 10.9 Å². The first-order valence-corrected chi connectivity index (χ1v) is 9.27. The van der Waals surface area contributed by atoms with Crippen LogP contribution < -0.4 is 20.3 Å². The molecule has 0 aliphatic carbocycles. The smallest absolute Gasteiger partial charge is 0.271 e. The molecule has 3 aromatic rings. The van der Waals surface area contributed by atoms with Gasteiger partial charge in [-0.05, 0) is 42.5 Å². The van der Waals surface area contributed by atoms with E-state index in [0.29, 0.717) is 29.5 Å². The van der Waals surface area contributed by atoms with Gasteiger partial charge in [-0.1, -0.05) is 48.0 Å². The highest BCUT2D eigenvalue weighted by Gasteiger charge is 2.12. The molecule has 0 heterocycles. The van der Waals surface area contributed by atoms with Gasteiger partial charge >= 0.3 is 0 Å². The third kappa shape index (κ3) is 5.99. The standard InChI is InChI=1S/C22H19ClN2O4/c23-20-12-5-4-11-19(20)22(27)25-24-21(26)16-7-6-10-18(15-16)29-14-13-28-17-8-2-1-3-9-17/h1-12,15H,13-14H2,(H,24,26)(H,25,27). The quantitative estimate of drug-likeness (QED) is 0.458. The molecule has 29 heavy (non-hydrogen) atoms. The second-order valence-electron chi connectivity index (χ2n) is 5.93. The monoisotopic (exact) mass is 410 g/mol. The highest BCUT2D eigenvalue weighted by molar-refractivity contribution is 6.33. The molecule has 0 aliphatic heterocycles. The maximum atomic E-state index is 12.3. The lowest BCUT2D eigenvalue weighted by Gasteiger charge is -2.11. The summed E-state index contributed by atoms with van der Waals surface area (Å²) in [6.45, 7) is 0.692. The fourth-order valence-corrected chi connectivity index (χ4v) is 2.68. The Kier molecular flexibility index (Phi) is 7.08. The second-order valence-corrected chi connectivity index (χ2v) is 6.33. The summed E-state index contributed by atoms with van der Waals surface area (Å²) in [7, 11) is 0. The Labute approximate surface area is 173 Å². The molecule has 6 nitrogen and oxygen atoms in total. The van der Waals surface area contributed by atoms with Crippen LogP contribution in [0, 0.1) is 0 Å². The molecule has 2 N–H and O–H groups in total. The van der Waals surface area contributed by atoms with Gasteiger partial charge in [0, 0.05) is 5.56 Å². The second kappa shape index (κ2) is 10.1. The first-order valence-electron chi connectivity index (χ1n) is 8.89. The third-order valence-corrected chi connectivity index (χ3v) is 4.20. The first-order chi connectivity index (χ1) is 14.1. The number of hydrogen-bond donors (Lipinski definition) is 2. The molecular weight excluding hydrogens is 392 g/mol. The minimum atomic E-state index is -0.505. The summed E-state index contributed by atoms with van der Waals surface area (Å²) >= 11 is 5.97. The number of halogens is 1. The summed E-state index contributed by atoms with van der Waals surface area (Å²) in [6, 6.07) is 22.6. The summed E-state index contributed by atoms with van der Waals surface area (Å²) in [5.74, 6) is 0.302. The largest absolute Gasteiger partial charge is 0.490 e. The number of hydrogen-bond acceptors (Lipinski definition) is 4. The topological polar surface area (TPSA) is 76.7 Å². The normalized spacial score (nSPS) is 10.1. The maximum Gasteiger partial charge on any atom is 0.271 e. The van der Waals surface area contributed by atoms with E-state index in [9.17, 15) is 9.59 Å². The minimum absolute atomic E-state index is 0.268. The van der Waals surface area contributed by atoms with Crippen LogP contribution in [0.5, 0.6) is 11.5 Å². The number of carbonyl (C=O) groups is 2. The summed E-state index contributed by atoms with van der Waals surface area (Å²) in [5, 5.41) is 0.298. The number of carbonyl (C=O) groups excluding carboxylic acids is 2. The number of rotatable bonds is 7. The number of amides is 2. The van der Waals surface area contributed by atoms with Crippen LogP contribution in [-0.2, 0) is 0 Å². The van der Waals surface area contributed by atoms with Crippen molar-refractivity contribution in [1.82, 2.24) is 10.9 Å². The molecule has 7 heteroatoms. The molecule has 0 saturated heterocycles. The van der Waals surface area contributed by atoms with Crippen molar-refractivity contribution in [3.8, 4) is 11.5 Å². The van der Waals surface area contributed by atoms with Crippen molar-refractivity contribution in [2.24, 2.45) is 0 Å². The molecule has 3 aromatic carbocycles. The van der Waals surface area contributed by atoms with Crippen LogP contribution in [0.4, 0.5) is 0 Å². The van der Waals surface area contributed by atoms with E-state index in [0.717, 1.165) is 5.75 Å². The molecule has 0 fully saturated rings. The fraction of sp³-hybridized carbons (Fsp3) is 0.0909. The van der Waals surface area contributed by atoms with Crippen molar-refractivity contribution in [3.63, 3.8) is 0 Å². The number of ether oxygens (including phenoxy) is 2. The minimum Gasteiger partial charge on any atom is -0.490 e. The van der Waals surface area contributed by atoms with Crippen LogP contribution in [0.15, 0.2) is 78.9 Å². The SMILES string of the molecule is O=C(NNC(=O)c1ccccc1Cl)c1cccc(OCCOc2ccccc2)c1. The van der Waals surface area contributed by atoms with E-state index >= 15 is 0 Å². The highest BCUT2D eigenvalue weighted by Crippen LogP contribution is 2.15. The van der Waals surface area contributed by atoms with Crippen molar-refractivity contribution >= 4 is 23.4 Å². The van der Waals surface area contributed by atoms with E-state index in [-0.39, 0.29) is 5.56 Å². The molecule has 0 aromatic heterocycles. The zero-order valence-corrected chi connectivity index (χ0v) is 16.2. The predicted molar refractivity (Wildman–Crippen MR) is 110 cm³/mol. The molecule has 0 unspecified atom stereocenters. The zero-order chi connectivity index (χ0) is 20.5. The van der Waals surface area contributed by atoms with Crippen molar-refractivity contribution in [3.05, 3.63) is 95.0 Å². The predicted octanol–water partition coefficient (Wildman–Crippen LogP) is 3.87. The molecule has 3 rings (SSSR count). The van der Waals surface area contributed by atoms with Gasteiger partial charge in [0.2, 0.25) is 0 Å². The number of nitrogens with one attached hydrogen (secondary N) is 2. The summed E-state index contributed by atoms with van der Waals surface area (Å²) in [4.78, 5) is 24.4. The lowest BCUT2D eigenvalue weighted by Crippen LogP contribution is -2.41. The van der Waals surface area contributed by atoms with Gasteiger partial charge in [0.15, 0.2) is 0 Å². The Balaban J connectivity index is 1.48. The van der Waals surface area contributed by atoms with Gasteiger partial charge in [0.25, 0.3) is 11.8 Å². The molecular formula is C22H19ClN2O4.